The number of nitrogens with zero attached hydrogens (tertiary/aromatic N) is 5. The van der Waals surface area contributed by atoms with E-state index in [4.69, 9.17) is 21.7 Å². The van der Waals surface area contributed by atoms with E-state index < -0.39 is 0 Å². The summed E-state index contributed by atoms with van der Waals surface area (Å²) >= 11 is 5.62. The predicted molar refractivity (Wildman–Crippen MR) is 104 cm³/mol. The molecular weight excluding hydrogens is 378 g/mol. The lowest BCUT2D eigenvalue weighted by Gasteiger charge is -2.34. The Bertz CT molecular complexity index is 972. The number of hydrogen-bond acceptors (Lipinski definition) is 6. The van der Waals surface area contributed by atoms with Gasteiger partial charge in [0.2, 0.25) is 6.79 Å². The zero-order valence-electron chi connectivity index (χ0n) is 15.8. The highest BCUT2D eigenvalue weighted by atomic mass is 32.1. The van der Waals surface area contributed by atoms with Crippen molar-refractivity contribution < 1.29 is 14.3 Å². The molecule has 3 heterocycles. The van der Waals surface area contributed by atoms with Gasteiger partial charge in [0.25, 0.3) is 5.91 Å². The number of aryl methyl sites for hydroxylation is 1. The van der Waals surface area contributed by atoms with Crippen LogP contribution >= 0.6 is 12.2 Å². The molecule has 0 N–H and O–H groups in total. The second-order valence-corrected chi connectivity index (χ2v) is 7.92. The summed E-state index contributed by atoms with van der Waals surface area (Å²) in [5, 5.41) is 4.63. The van der Waals surface area contributed by atoms with E-state index in [1.165, 1.54) is 12.8 Å². The number of aromatic nitrogens is 3. The van der Waals surface area contributed by atoms with Crippen LogP contribution in [0.4, 0.5) is 0 Å². The molecule has 0 radical (unpaired) electrons. The van der Waals surface area contributed by atoms with Gasteiger partial charge >= 0.3 is 0 Å². The maximum atomic E-state index is 12.8. The number of benzene rings is 1. The second kappa shape index (κ2) is 6.89. The highest BCUT2D eigenvalue weighted by Gasteiger charge is 2.28. The van der Waals surface area contributed by atoms with Gasteiger partial charge in [-0.25, -0.2) is 4.68 Å². The predicted octanol–water partition coefficient (Wildman–Crippen LogP) is 2.20. The SMILES string of the molecule is Cc1nn(CN2CCN(C(=O)c3ccc4c(c3)OCO4)CC2)c(=S)n1C1CC1. The molecule has 5 rings (SSSR count). The van der Waals surface area contributed by atoms with Crippen LogP contribution in [0.25, 0.3) is 0 Å². The molecule has 148 valence electrons. The fourth-order valence-electron chi connectivity index (χ4n) is 3.87. The second-order valence-electron chi connectivity index (χ2n) is 7.55. The third-order valence-corrected chi connectivity index (χ3v) is 5.97. The number of piperazine rings is 1. The van der Waals surface area contributed by atoms with Crippen LogP contribution in [0.2, 0.25) is 0 Å². The van der Waals surface area contributed by atoms with Crippen molar-refractivity contribution in [3.05, 3.63) is 34.4 Å². The first-order chi connectivity index (χ1) is 13.6. The first kappa shape index (κ1) is 17.7. The molecule has 1 saturated carbocycles. The normalized spacial score (nSPS) is 19.2. The summed E-state index contributed by atoms with van der Waals surface area (Å²) in [6, 6.07) is 5.90. The van der Waals surface area contributed by atoms with Gasteiger partial charge in [0.15, 0.2) is 16.3 Å². The van der Waals surface area contributed by atoms with E-state index in [9.17, 15) is 4.79 Å². The summed E-state index contributed by atoms with van der Waals surface area (Å²) in [4.78, 5) is 17.0. The lowest BCUT2D eigenvalue weighted by molar-refractivity contribution is 0.0584. The summed E-state index contributed by atoms with van der Waals surface area (Å²) in [5.74, 6) is 2.35. The molecule has 9 heteroatoms. The summed E-state index contributed by atoms with van der Waals surface area (Å²) in [5.41, 5.74) is 0.638. The third kappa shape index (κ3) is 3.18. The minimum atomic E-state index is 0.0309. The van der Waals surface area contributed by atoms with Gasteiger partial charge in [0, 0.05) is 37.8 Å². The molecule has 3 aliphatic rings. The van der Waals surface area contributed by atoms with Gasteiger partial charge in [-0.2, -0.15) is 5.10 Å². The van der Waals surface area contributed by atoms with Crippen LogP contribution in [0.5, 0.6) is 11.5 Å². The number of ether oxygens (including phenoxy) is 2. The van der Waals surface area contributed by atoms with Gasteiger partial charge in [0.1, 0.15) is 5.82 Å². The fourth-order valence-corrected chi connectivity index (χ4v) is 4.25. The topological polar surface area (TPSA) is 64.8 Å². The molecule has 2 aliphatic heterocycles. The number of carbonyl (C=O) groups is 1. The Morgan fingerprint density at radius 2 is 1.93 bits per heavy atom. The smallest absolute Gasteiger partial charge is 0.254 e. The van der Waals surface area contributed by atoms with E-state index in [0.29, 0.717) is 42.9 Å². The molecule has 1 amide bonds. The van der Waals surface area contributed by atoms with E-state index in [2.05, 4.69) is 14.6 Å². The summed E-state index contributed by atoms with van der Waals surface area (Å²) in [6.07, 6.45) is 2.39. The molecule has 1 aromatic carbocycles. The van der Waals surface area contributed by atoms with Gasteiger partial charge in [0.05, 0.1) is 6.67 Å². The average molecular weight is 401 g/mol. The van der Waals surface area contributed by atoms with E-state index in [0.717, 1.165) is 23.7 Å². The monoisotopic (exact) mass is 401 g/mol. The van der Waals surface area contributed by atoms with Gasteiger partial charge in [-0.1, -0.05) is 0 Å². The molecular formula is C19H23N5O3S. The minimum absolute atomic E-state index is 0.0309. The molecule has 1 saturated heterocycles. The van der Waals surface area contributed by atoms with E-state index in [-0.39, 0.29) is 12.7 Å². The maximum absolute atomic E-state index is 12.8. The Labute approximate surface area is 168 Å². The molecule has 1 aromatic heterocycles. The summed E-state index contributed by atoms with van der Waals surface area (Å²) in [6.45, 7) is 5.87. The fraction of sp³-hybridized carbons (Fsp3) is 0.526. The Hall–Kier alpha value is -2.39. The molecule has 28 heavy (non-hydrogen) atoms. The van der Waals surface area contributed by atoms with Gasteiger partial charge in [-0.3, -0.25) is 9.69 Å². The van der Waals surface area contributed by atoms with Crippen molar-refractivity contribution >= 4 is 18.1 Å². The Kier molecular flexibility index (Phi) is 4.36. The quantitative estimate of drug-likeness (QED) is 0.732. The van der Waals surface area contributed by atoms with Crippen molar-refractivity contribution in [2.45, 2.75) is 32.5 Å². The molecule has 0 spiro atoms. The number of fused-ring (bicyclic) bond motifs is 1. The zero-order chi connectivity index (χ0) is 19.3. The number of rotatable bonds is 4. The first-order valence-electron chi connectivity index (χ1n) is 9.67. The van der Waals surface area contributed by atoms with Crippen LogP contribution in [0.1, 0.15) is 35.1 Å². The zero-order valence-corrected chi connectivity index (χ0v) is 16.7. The number of amides is 1. The highest BCUT2D eigenvalue weighted by Crippen LogP contribution is 2.36. The van der Waals surface area contributed by atoms with Crippen molar-refractivity contribution in [3.63, 3.8) is 0 Å². The van der Waals surface area contributed by atoms with Gasteiger partial charge in [-0.15, -0.1) is 0 Å². The average Bonchev–Trinajstić information content (AvgIpc) is 3.34. The third-order valence-electron chi connectivity index (χ3n) is 5.57. The van der Waals surface area contributed by atoms with Gasteiger partial charge < -0.3 is 18.9 Å². The first-order valence-corrected chi connectivity index (χ1v) is 10.1. The summed E-state index contributed by atoms with van der Waals surface area (Å²) in [7, 11) is 0. The Morgan fingerprint density at radius 1 is 1.18 bits per heavy atom. The van der Waals surface area contributed by atoms with Crippen LogP contribution in [0, 0.1) is 11.7 Å². The van der Waals surface area contributed by atoms with Crippen LogP contribution in [-0.4, -0.2) is 63.0 Å². The van der Waals surface area contributed by atoms with Crippen molar-refractivity contribution in [2.24, 2.45) is 0 Å². The number of hydrogen-bond donors (Lipinski definition) is 0. The highest BCUT2D eigenvalue weighted by molar-refractivity contribution is 7.71. The van der Waals surface area contributed by atoms with Crippen molar-refractivity contribution in [1.82, 2.24) is 24.1 Å². The van der Waals surface area contributed by atoms with E-state index >= 15 is 0 Å². The van der Waals surface area contributed by atoms with E-state index in [1.807, 2.05) is 16.5 Å². The van der Waals surface area contributed by atoms with Crippen LogP contribution < -0.4 is 9.47 Å². The summed E-state index contributed by atoms with van der Waals surface area (Å²) < 4.78 is 15.6. The molecule has 0 atom stereocenters. The largest absolute Gasteiger partial charge is 0.454 e. The van der Waals surface area contributed by atoms with Crippen LogP contribution in [0.3, 0.4) is 0 Å². The maximum Gasteiger partial charge on any atom is 0.254 e. The lowest BCUT2D eigenvalue weighted by atomic mass is 10.1. The standard InChI is InChI=1S/C19H23N5O3S/c1-13-20-23(19(28)24(13)15-3-4-15)11-21-6-8-22(9-7-21)18(25)14-2-5-16-17(10-14)27-12-26-16/h2,5,10,15H,3-4,6-9,11-12H2,1H3. The van der Waals surface area contributed by atoms with E-state index in [1.54, 1.807) is 18.2 Å². The Balaban J connectivity index is 1.21. The van der Waals surface area contributed by atoms with Gasteiger partial charge in [-0.05, 0) is 50.2 Å². The number of carbonyl (C=O) groups excluding carboxylic acids is 1. The molecule has 1 aliphatic carbocycles. The molecule has 0 bridgehead atoms. The van der Waals surface area contributed by atoms with Crippen molar-refractivity contribution in [2.75, 3.05) is 33.0 Å². The molecule has 2 fully saturated rings. The van der Waals surface area contributed by atoms with Crippen molar-refractivity contribution in [1.29, 1.82) is 0 Å². The Morgan fingerprint density at radius 3 is 2.68 bits per heavy atom. The van der Waals surface area contributed by atoms with Crippen LogP contribution in [-0.2, 0) is 6.67 Å². The molecule has 8 nitrogen and oxygen atoms in total. The minimum Gasteiger partial charge on any atom is -0.454 e. The molecule has 0 unspecified atom stereocenters. The van der Waals surface area contributed by atoms with Crippen LogP contribution in [0.15, 0.2) is 18.2 Å². The molecule has 2 aromatic rings. The lowest BCUT2D eigenvalue weighted by Crippen LogP contribution is -2.49. The van der Waals surface area contributed by atoms with Crippen molar-refractivity contribution in [3.8, 4) is 11.5 Å².